The van der Waals surface area contributed by atoms with Crippen molar-refractivity contribution in [2.75, 3.05) is 12.9 Å². The van der Waals surface area contributed by atoms with Crippen molar-refractivity contribution in [3.05, 3.63) is 24.3 Å². The molecule has 1 unspecified atom stereocenters. The molecule has 0 aliphatic heterocycles. The molecule has 0 amide bonds. The molecule has 1 aromatic carbocycles. The number of nitriles is 1. The van der Waals surface area contributed by atoms with Crippen LogP contribution in [0.2, 0.25) is 0 Å². The number of nitrogens with two attached hydrogens (primary N) is 1. The van der Waals surface area contributed by atoms with Crippen LogP contribution in [-0.4, -0.2) is 18.4 Å². The smallest absolute Gasteiger partial charge is 0.119 e. The molecule has 0 saturated carbocycles. The number of ether oxygens (including phenoxy) is 1. The van der Waals surface area contributed by atoms with Crippen LogP contribution in [0.3, 0.4) is 0 Å². The molecule has 0 aromatic heterocycles. The highest BCUT2D eigenvalue weighted by molar-refractivity contribution is 7.99. The fraction of sp³-hybridized carbons (Fsp3) is 0.417. The van der Waals surface area contributed by atoms with Crippen LogP contribution in [0.5, 0.6) is 5.75 Å². The zero-order valence-electron chi connectivity index (χ0n) is 9.56. The van der Waals surface area contributed by atoms with Crippen LogP contribution in [0.25, 0.3) is 0 Å². The van der Waals surface area contributed by atoms with E-state index in [9.17, 15) is 0 Å². The maximum Gasteiger partial charge on any atom is 0.119 e. The number of hydrogen-bond donors (Lipinski definition) is 1. The second-order valence-electron chi connectivity index (χ2n) is 3.81. The predicted octanol–water partition coefficient (Wildman–Crippen LogP) is 2.42. The molecule has 16 heavy (non-hydrogen) atoms. The molecule has 0 radical (unpaired) electrons. The normalized spacial score (nSPS) is 13.9. The van der Waals surface area contributed by atoms with E-state index in [-0.39, 0.29) is 0 Å². The van der Waals surface area contributed by atoms with Crippen LogP contribution in [0, 0.1) is 11.3 Å². The summed E-state index contributed by atoms with van der Waals surface area (Å²) in [5.74, 6) is 1.68. The Hall–Kier alpha value is -1.18. The van der Waals surface area contributed by atoms with E-state index in [1.165, 1.54) is 0 Å². The summed E-state index contributed by atoms with van der Waals surface area (Å²) in [6.45, 7) is 1.75. The highest BCUT2D eigenvalue weighted by Crippen LogP contribution is 2.24. The van der Waals surface area contributed by atoms with Crippen molar-refractivity contribution in [2.45, 2.75) is 23.8 Å². The lowest BCUT2D eigenvalue weighted by Crippen LogP contribution is -2.34. The minimum Gasteiger partial charge on any atom is -0.497 e. The van der Waals surface area contributed by atoms with E-state index < -0.39 is 5.54 Å². The van der Waals surface area contributed by atoms with Gasteiger partial charge in [-0.15, -0.1) is 11.8 Å². The van der Waals surface area contributed by atoms with Crippen LogP contribution in [0.4, 0.5) is 0 Å². The second kappa shape index (κ2) is 5.78. The molecule has 1 atom stereocenters. The van der Waals surface area contributed by atoms with E-state index in [1.807, 2.05) is 24.3 Å². The average Bonchev–Trinajstić information content (AvgIpc) is 2.29. The molecule has 3 nitrogen and oxygen atoms in total. The molecule has 4 heteroatoms. The standard InChI is InChI=1S/C12H16N2OS/c1-12(14,9-13)6-7-16-11-5-3-4-10(8-11)15-2/h3-5,8H,6-7,14H2,1-2H3. The fourth-order valence-electron chi connectivity index (χ4n) is 1.13. The molecule has 0 fully saturated rings. The average molecular weight is 236 g/mol. The van der Waals surface area contributed by atoms with E-state index in [0.29, 0.717) is 6.42 Å². The largest absolute Gasteiger partial charge is 0.497 e. The van der Waals surface area contributed by atoms with Gasteiger partial charge in [0.05, 0.1) is 13.2 Å². The lowest BCUT2D eigenvalue weighted by molar-refractivity contribution is 0.413. The number of methoxy groups -OCH3 is 1. The molecule has 86 valence electrons. The van der Waals surface area contributed by atoms with Gasteiger partial charge in [-0.3, -0.25) is 0 Å². The van der Waals surface area contributed by atoms with Crippen molar-refractivity contribution in [1.82, 2.24) is 0 Å². The Morgan fingerprint density at radius 3 is 2.94 bits per heavy atom. The first kappa shape index (κ1) is 12.9. The number of thioether (sulfide) groups is 1. The van der Waals surface area contributed by atoms with Crippen LogP contribution >= 0.6 is 11.8 Å². The van der Waals surface area contributed by atoms with E-state index >= 15 is 0 Å². The topological polar surface area (TPSA) is 59.0 Å². The number of benzene rings is 1. The Labute approximate surface area is 101 Å². The van der Waals surface area contributed by atoms with Gasteiger partial charge in [-0.1, -0.05) is 6.07 Å². The molecule has 2 N–H and O–H groups in total. The summed E-state index contributed by atoms with van der Waals surface area (Å²) in [6, 6.07) is 9.95. The van der Waals surface area contributed by atoms with Crippen molar-refractivity contribution in [3.63, 3.8) is 0 Å². The van der Waals surface area contributed by atoms with Gasteiger partial charge in [-0.25, -0.2) is 0 Å². The van der Waals surface area contributed by atoms with Gasteiger partial charge in [0.25, 0.3) is 0 Å². The van der Waals surface area contributed by atoms with Gasteiger partial charge in [-0.05, 0) is 31.5 Å². The van der Waals surface area contributed by atoms with Gasteiger partial charge in [-0.2, -0.15) is 5.26 Å². The van der Waals surface area contributed by atoms with Gasteiger partial charge in [0, 0.05) is 10.6 Å². The lowest BCUT2D eigenvalue weighted by Gasteiger charge is -2.14. The minimum absolute atomic E-state index is 0.672. The Bertz CT molecular complexity index is 385. The van der Waals surface area contributed by atoms with Crippen LogP contribution in [0.15, 0.2) is 29.2 Å². The third-order valence-corrected chi connectivity index (χ3v) is 3.18. The Balaban J connectivity index is 2.46. The second-order valence-corrected chi connectivity index (χ2v) is 4.98. The summed E-state index contributed by atoms with van der Waals surface area (Å²) in [5, 5.41) is 8.77. The third-order valence-electron chi connectivity index (χ3n) is 2.19. The van der Waals surface area contributed by atoms with Crippen molar-refractivity contribution in [3.8, 4) is 11.8 Å². The van der Waals surface area contributed by atoms with Gasteiger partial charge in [0.2, 0.25) is 0 Å². The van der Waals surface area contributed by atoms with E-state index in [1.54, 1.807) is 25.8 Å². The van der Waals surface area contributed by atoms with Gasteiger partial charge in [0.1, 0.15) is 11.3 Å². The van der Waals surface area contributed by atoms with E-state index in [2.05, 4.69) is 6.07 Å². The molecule has 0 aliphatic carbocycles. The van der Waals surface area contributed by atoms with Crippen molar-refractivity contribution in [1.29, 1.82) is 5.26 Å². The van der Waals surface area contributed by atoms with Crippen LogP contribution in [0.1, 0.15) is 13.3 Å². The van der Waals surface area contributed by atoms with Crippen molar-refractivity contribution >= 4 is 11.8 Å². The van der Waals surface area contributed by atoms with Crippen LogP contribution < -0.4 is 10.5 Å². The Morgan fingerprint density at radius 2 is 2.31 bits per heavy atom. The molecule has 0 aliphatic rings. The molecule has 0 bridgehead atoms. The molecule has 0 spiro atoms. The van der Waals surface area contributed by atoms with E-state index in [0.717, 1.165) is 16.4 Å². The Morgan fingerprint density at radius 1 is 1.56 bits per heavy atom. The first-order chi connectivity index (χ1) is 7.57. The van der Waals surface area contributed by atoms with Crippen LogP contribution in [-0.2, 0) is 0 Å². The summed E-state index contributed by atoms with van der Waals surface area (Å²) in [5.41, 5.74) is 5.01. The summed E-state index contributed by atoms with van der Waals surface area (Å²) in [7, 11) is 1.65. The molecule has 0 saturated heterocycles. The maximum absolute atomic E-state index is 8.77. The molecular formula is C12H16N2OS. The predicted molar refractivity (Wildman–Crippen MR) is 66.5 cm³/mol. The van der Waals surface area contributed by atoms with Gasteiger partial charge < -0.3 is 10.5 Å². The maximum atomic E-state index is 8.77. The zero-order valence-corrected chi connectivity index (χ0v) is 10.4. The van der Waals surface area contributed by atoms with Gasteiger partial charge in [0.15, 0.2) is 0 Å². The minimum atomic E-state index is -0.730. The lowest BCUT2D eigenvalue weighted by atomic mass is 10.0. The molecular weight excluding hydrogens is 220 g/mol. The number of nitrogens with zero attached hydrogens (tertiary/aromatic N) is 1. The van der Waals surface area contributed by atoms with Gasteiger partial charge >= 0.3 is 0 Å². The number of rotatable bonds is 5. The molecule has 1 rings (SSSR count). The molecule has 1 aromatic rings. The van der Waals surface area contributed by atoms with Crippen molar-refractivity contribution in [2.24, 2.45) is 5.73 Å². The third kappa shape index (κ3) is 4.13. The SMILES string of the molecule is COc1cccc(SCCC(C)(N)C#N)c1. The Kier molecular flexibility index (Phi) is 4.66. The van der Waals surface area contributed by atoms with E-state index in [4.69, 9.17) is 15.7 Å². The zero-order chi connectivity index (χ0) is 12.0. The summed E-state index contributed by atoms with van der Waals surface area (Å²) >= 11 is 1.68. The first-order valence-electron chi connectivity index (χ1n) is 5.04. The quantitative estimate of drug-likeness (QED) is 0.798. The van der Waals surface area contributed by atoms with Crippen molar-refractivity contribution < 1.29 is 4.74 Å². The first-order valence-corrected chi connectivity index (χ1v) is 6.03. The highest BCUT2D eigenvalue weighted by atomic mass is 32.2. The fourth-order valence-corrected chi connectivity index (χ4v) is 2.26. The highest BCUT2D eigenvalue weighted by Gasteiger charge is 2.16. The number of hydrogen-bond acceptors (Lipinski definition) is 4. The summed E-state index contributed by atoms with van der Waals surface area (Å²) in [4.78, 5) is 1.13. The monoisotopic (exact) mass is 236 g/mol. The molecule has 0 heterocycles. The summed E-state index contributed by atoms with van der Waals surface area (Å²) < 4.78 is 5.13. The summed E-state index contributed by atoms with van der Waals surface area (Å²) in [6.07, 6.45) is 0.672.